The first-order chi connectivity index (χ1) is 11.4. The monoisotopic (exact) mass is 322 g/mol. The summed E-state index contributed by atoms with van der Waals surface area (Å²) in [5.74, 6) is -0.181. The van der Waals surface area contributed by atoms with Crippen LogP contribution in [0.15, 0.2) is 59.7 Å². The van der Waals surface area contributed by atoms with Crippen LogP contribution in [0.2, 0.25) is 0 Å². The van der Waals surface area contributed by atoms with Gasteiger partial charge in [0.15, 0.2) is 0 Å². The summed E-state index contributed by atoms with van der Waals surface area (Å²) < 4.78 is 0. The fraction of sp³-hybridized carbons (Fsp3) is 0.333. The fourth-order valence-corrected chi connectivity index (χ4v) is 2.44. The van der Waals surface area contributed by atoms with Crippen molar-refractivity contribution < 1.29 is 4.79 Å². The number of rotatable bonds is 5. The van der Waals surface area contributed by atoms with Gasteiger partial charge in [-0.3, -0.25) is 4.79 Å². The second-order valence-corrected chi connectivity index (χ2v) is 6.94. The Balaban J connectivity index is 2.12. The first-order valence-corrected chi connectivity index (χ1v) is 8.44. The van der Waals surface area contributed by atoms with E-state index in [0.717, 1.165) is 24.1 Å². The Hall–Kier alpha value is -2.42. The topological polar surface area (TPSA) is 41.5 Å². The molecule has 0 bridgehead atoms. The van der Waals surface area contributed by atoms with E-state index >= 15 is 0 Å². The van der Waals surface area contributed by atoms with Crippen LogP contribution in [0, 0.1) is 0 Å². The number of hydrogen-bond acceptors (Lipinski definition) is 2. The van der Waals surface area contributed by atoms with Crippen molar-refractivity contribution in [1.29, 1.82) is 0 Å². The van der Waals surface area contributed by atoms with E-state index in [2.05, 4.69) is 38.2 Å². The number of hydrogen-bond donors (Lipinski definition) is 1. The Morgan fingerprint density at radius 2 is 1.58 bits per heavy atom. The molecule has 0 aliphatic rings. The van der Waals surface area contributed by atoms with Gasteiger partial charge in [0.1, 0.15) is 0 Å². The molecule has 126 valence electrons. The molecule has 0 heterocycles. The van der Waals surface area contributed by atoms with Gasteiger partial charge in [0.25, 0.3) is 5.91 Å². The summed E-state index contributed by atoms with van der Waals surface area (Å²) in [5.41, 5.74) is 6.54. The molecule has 0 spiro atoms. The zero-order chi connectivity index (χ0) is 17.6. The normalized spacial score (nSPS) is 12.1. The van der Waals surface area contributed by atoms with Crippen LogP contribution in [0.3, 0.4) is 0 Å². The highest BCUT2D eigenvalue weighted by Crippen LogP contribution is 2.22. The summed E-state index contributed by atoms with van der Waals surface area (Å²) in [6.07, 6.45) is 1.80. The summed E-state index contributed by atoms with van der Waals surface area (Å²) >= 11 is 0. The number of amides is 1. The van der Waals surface area contributed by atoms with Gasteiger partial charge in [-0.1, -0.05) is 76.6 Å². The van der Waals surface area contributed by atoms with Crippen molar-refractivity contribution in [1.82, 2.24) is 5.43 Å². The molecule has 3 nitrogen and oxygen atoms in total. The lowest BCUT2D eigenvalue weighted by Gasteiger charge is -2.18. The van der Waals surface area contributed by atoms with E-state index in [4.69, 9.17) is 0 Å². The minimum Gasteiger partial charge on any atom is -0.267 e. The molecule has 2 aromatic carbocycles. The smallest absolute Gasteiger partial charge is 0.267 e. The third-order valence-electron chi connectivity index (χ3n) is 3.90. The SMILES string of the molecule is CCC/C(=N\NC(=O)c1ccc(C(C)(C)C)cc1)c1ccccc1. The molecule has 0 aliphatic carbocycles. The van der Waals surface area contributed by atoms with Crippen molar-refractivity contribution in [2.24, 2.45) is 5.10 Å². The van der Waals surface area contributed by atoms with Gasteiger partial charge in [0.05, 0.1) is 5.71 Å². The van der Waals surface area contributed by atoms with E-state index in [0.29, 0.717) is 5.56 Å². The van der Waals surface area contributed by atoms with Gasteiger partial charge >= 0.3 is 0 Å². The average Bonchev–Trinajstić information content (AvgIpc) is 2.58. The molecule has 0 aromatic heterocycles. The second-order valence-electron chi connectivity index (χ2n) is 6.94. The fourth-order valence-electron chi connectivity index (χ4n) is 2.44. The number of nitrogens with one attached hydrogen (secondary N) is 1. The van der Waals surface area contributed by atoms with E-state index in [1.54, 1.807) is 0 Å². The molecular weight excluding hydrogens is 296 g/mol. The molecule has 1 N–H and O–H groups in total. The maximum Gasteiger partial charge on any atom is 0.271 e. The van der Waals surface area contributed by atoms with Gasteiger partial charge in [0.2, 0.25) is 0 Å². The van der Waals surface area contributed by atoms with Crippen LogP contribution in [-0.2, 0) is 5.41 Å². The number of benzene rings is 2. The second kappa shape index (κ2) is 7.91. The first kappa shape index (κ1) is 17.9. The maximum absolute atomic E-state index is 12.3. The minimum atomic E-state index is -0.181. The molecule has 2 aromatic rings. The van der Waals surface area contributed by atoms with Crippen LogP contribution < -0.4 is 5.43 Å². The van der Waals surface area contributed by atoms with E-state index < -0.39 is 0 Å². The summed E-state index contributed by atoms with van der Waals surface area (Å²) in [5, 5.41) is 4.35. The highest BCUT2D eigenvalue weighted by molar-refractivity contribution is 6.02. The Morgan fingerprint density at radius 3 is 2.12 bits per heavy atom. The van der Waals surface area contributed by atoms with E-state index in [1.807, 2.05) is 54.6 Å². The minimum absolute atomic E-state index is 0.0781. The Kier molecular flexibility index (Phi) is 5.91. The van der Waals surface area contributed by atoms with Crippen LogP contribution >= 0.6 is 0 Å². The van der Waals surface area contributed by atoms with Crippen molar-refractivity contribution in [3.63, 3.8) is 0 Å². The lowest BCUT2D eigenvalue weighted by molar-refractivity contribution is 0.0954. The van der Waals surface area contributed by atoms with Gasteiger partial charge in [-0.05, 0) is 35.1 Å². The van der Waals surface area contributed by atoms with Gasteiger partial charge in [-0.2, -0.15) is 5.10 Å². The summed E-state index contributed by atoms with van der Waals surface area (Å²) in [6.45, 7) is 8.57. The molecule has 24 heavy (non-hydrogen) atoms. The molecular formula is C21H26N2O. The molecule has 0 aliphatic heterocycles. The van der Waals surface area contributed by atoms with Gasteiger partial charge in [0, 0.05) is 5.56 Å². The van der Waals surface area contributed by atoms with Crippen LogP contribution in [0.4, 0.5) is 0 Å². The molecule has 0 atom stereocenters. The predicted molar refractivity (Wildman–Crippen MR) is 100 cm³/mol. The zero-order valence-corrected chi connectivity index (χ0v) is 15.0. The first-order valence-electron chi connectivity index (χ1n) is 8.44. The summed E-state index contributed by atoms with van der Waals surface area (Å²) in [7, 11) is 0. The highest BCUT2D eigenvalue weighted by atomic mass is 16.2. The quantitative estimate of drug-likeness (QED) is 0.616. The molecule has 1 amide bonds. The third kappa shape index (κ3) is 4.79. The zero-order valence-electron chi connectivity index (χ0n) is 15.0. The van der Waals surface area contributed by atoms with E-state index in [9.17, 15) is 4.79 Å². The molecule has 2 rings (SSSR count). The number of nitrogens with zero attached hydrogens (tertiary/aromatic N) is 1. The standard InChI is InChI=1S/C21H26N2O/c1-5-9-19(16-10-7-6-8-11-16)22-23-20(24)17-12-14-18(15-13-17)21(2,3)4/h6-8,10-15H,5,9H2,1-4H3,(H,23,24)/b22-19+. The van der Waals surface area contributed by atoms with E-state index in [1.165, 1.54) is 5.56 Å². The molecule has 0 unspecified atom stereocenters. The largest absolute Gasteiger partial charge is 0.271 e. The molecule has 0 saturated carbocycles. The lowest BCUT2D eigenvalue weighted by Crippen LogP contribution is -2.20. The summed E-state index contributed by atoms with van der Waals surface area (Å²) in [6, 6.07) is 17.7. The number of carbonyl (C=O) groups excluding carboxylic acids is 1. The predicted octanol–water partition coefficient (Wildman–Crippen LogP) is 4.92. The van der Waals surface area contributed by atoms with Crippen molar-refractivity contribution in [3.05, 3.63) is 71.3 Å². The van der Waals surface area contributed by atoms with Gasteiger partial charge in [-0.25, -0.2) is 5.43 Å². The van der Waals surface area contributed by atoms with Crippen molar-refractivity contribution in [2.45, 2.75) is 46.0 Å². The number of carbonyl (C=O) groups is 1. The van der Waals surface area contributed by atoms with Crippen molar-refractivity contribution in [3.8, 4) is 0 Å². The van der Waals surface area contributed by atoms with Crippen LogP contribution in [-0.4, -0.2) is 11.6 Å². The number of hydrazone groups is 1. The Bertz CT molecular complexity index is 695. The van der Waals surface area contributed by atoms with Gasteiger partial charge in [-0.15, -0.1) is 0 Å². The lowest BCUT2D eigenvalue weighted by atomic mass is 9.87. The summed E-state index contributed by atoms with van der Waals surface area (Å²) in [4.78, 5) is 12.3. The third-order valence-corrected chi connectivity index (χ3v) is 3.90. The molecule has 0 saturated heterocycles. The molecule has 0 fully saturated rings. The Labute approximate surface area is 144 Å². The van der Waals surface area contributed by atoms with Crippen LogP contribution in [0.5, 0.6) is 0 Å². The van der Waals surface area contributed by atoms with Crippen molar-refractivity contribution in [2.75, 3.05) is 0 Å². The van der Waals surface area contributed by atoms with Crippen molar-refractivity contribution >= 4 is 11.6 Å². The van der Waals surface area contributed by atoms with E-state index in [-0.39, 0.29) is 11.3 Å². The highest BCUT2D eigenvalue weighted by Gasteiger charge is 2.14. The maximum atomic E-state index is 12.3. The average molecular weight is 322 g/mol. The molecule has 3 heteroatoms. The van der Waals surface area contributed by atoms with Crippen LogP contribution in [0.1, 0.15) is 62.0 Å². The Morgan fingerprint density at radius 1 is 0.958 bits per heavy atom. The van der Waals surface area contributed by atoms with Crippen LogP contribution in [0.25, 0.3) is 0 Å². The van der Waals surface area contributed by atoms with Gasteiger partial charge < -0.3 is 0 Å². The molecule has 0 radical (unpaired) electrons.